The molecule has 17 heavy (non-hydrogen) atoms. The maximum Gasteiger partial charge on any atom is 0.325 e. The Morgan fingerprint density at radius 2 is 1.82 bits per heavy atom. The Bertz CT molecular complexity index is 362. The fourth-order valence-electron chi connectivity index (χ4n) is 0.961. The molecule has 0 aliphatic heterocycles. The number of anilines is 1. The van der Waals surface area contributed by atoms with E-state index in [0.29, 0.717) is 11.3 Å². The first-order valence-corrected chi connectivity index (χ1v) is 4.78. The van der Waals surface area contributed by atoms with Crippen LogP contribution in [-0.4, -0.2) is 37.7 Å². The second-order valence-corrected chi connectivity index (χ2v) is 2.88. The zero-order valence-electron chi connectivity index (χ0n) is 9.77. The highest BCUT2D eigenvalue weighted by Gasteiger charge is 2.06. The molecular formula is C11H16N2O4. The summed E-state index contributed by atoms with van der Waals surface area (Å²) in [4.78, 5) is 22.2. The number of amides is 1. The van der Waals surface area contributed by atoms with Gasteiger partial charge in [0, 0.05) is 18.4 Å². The van der Waals surface area contributed by atoms with Crippen molar-refractivity contribution in [1.29, 1.82) is 0 Å². The van der Waals surface area contributed by atoms with Crippen LogP contribution in [0.2, 0.25) is 0 Å². The van der Waals surface area contributed by atoms with E-state index < -0.39 is 5.97 Å². The molecule has 1 amide bonds. The number of esters is 1. The number of ether oxygens (including phenoxy) is 1. The van der Waals surface area contributed by atoms with Gasteiger partial charge in [0.25, 0.3) is 5.91 Å². The largest absolute Gasteiger partial charge is 0.468 e. The summed E-state index contributed by atoms with van der Waals surface area (Å²) in [5.41, 5.74) is 6.50. The third-order valence-electron chi connectivity index (χ3n) is 1.79. The molecular weight excluding hydrogens is 224 g/mol. The summed E-state index contributed by atoms with van der Waals surface area (Å²) in [7, 11) is 2.26. The van der Waals surface area contributed by atoms with Crippen molar-refractivity contribution >= 4 is 17.6 Å². The van der Waals surface area contributed by atoms with Gasteiger partial charge >= 0.3 is 5.97 Å². The van der Waals surface area contributed by atoms with Gasteiger partial charge in [0.05, 0.1) is 7.11 Å². The highest BCUT2D eigenvalue weighted by molar-refractivity contribution is 5.96. The molecule has 0 saturated heterocycles. The smallest absolute Gasteiger partial charge is 0.325 e. The molecule has 6 nitrogen and oxygen atoms in total. The number of hydrogen-bond acceptors (Lipinski definition) is 5. The summed E-state index contributed by atoms with van der Waals surface area (Å²) in [5.74, 6) is -0.820. The monoisotopic (exact) mass is 240 g/mol. The van der Waals surface area contributed by atoms with E-state index in [-0.39, 0.29) is 12.5 Å². The molecule has 4 N–H and O–H groups in total. The standard InChI is InChI=1S/C10H12N2O3.CH4O/c1-15-9(13)6-12-10(14)7-2-4-8(11)5-3-7;1-2/h2-5H,6,11H2,1H3,(H,12,14);2H,1H3. The van der Waals surface area contributed by atoms with Crippen molar-refractivity contribution in [1.82, 2.24) is 5.32 Å². The minimum atomic E-state index is -0.487. The Morgan fingerprint density at radius 1 is 1.29 bits per heavy atom. The van der Waals surface area contributed by atoms with Crippen LogP contribution in [-0.2, 0) is 9.53 Å². The van der Waals surface area contributed by atoms with Crippen LogP contribution in [0.3, 0.4) is 0 Å². The van der Waals surface area contributed by atoms with Crippen LogP contribution in [0.25, 0.3) is 0 Å². The maximum atomic E-state index is 11.4. The Morgan fingerprint density at radius 3 is 2.29 bits per heavy atom. The van der Waals surface area contributed by atoms with Crippen molar-refractivity contribution in [3.05, 3.63) is 29.8 Å². The minimum Gasteiger partial charge on any atom is -0.468 e. The van der Waals surface area contributed by atoms with Crippen LogP contribution in [0.5, 0.6) is 0 Å². The van der Waals surface area contributed by atoms with Gasteiger partial charge in [-0.05, 0) is 24.3 Å². The van der Waals surface area contributed by atoms with Crippen LogP contribution in [0.1, 0.15) is 10.4 Å². The van der Waals surface area contributed by atoms with Gasteiger partial charge in [-0.15, -0.1) is 0 Å². The number of nitrogen functional groups attached to an aromatic ring is 1. The molecule has 0 bridgehead atoms. The molecule has 1 rings (SSSR count). The van der Waals surface area contributed by atoms with Gasteiger partial charge in [0.15, 0.2) is 0 Å². The lowest BCUT2D eigenvalue weighted by Crippen LogP contribution is -2.30. The highest BCUT2D eigenvalue weighted by Crippen LogP contribution is 2.04. The number of aliphatic hydroxyl groups is 1. The Hall–Kier alpha value is -2.08. The van der Waals surface area contributed by atoms with Gasteiger partial charge in [-0.25, -0.2) is 0 Å². The molecule has 0 unspecified atom stereocenters. The molecule has 0 atom stereocenters. The van der Waals surface area contributed by atoms with E-state index in [4.69, 9.17) is 10.8 Å². The lowest BCUT2D eigenvalue weighted by molar-refractivity contribution is -0.139. The Labute approximate surface area is 99.4 Å². The fourth-order valence-corrected chi connectivity index (χ4v) is 0.961. The van der Waals surface area contributed by atoms with Crippen molar-refractivity contribution in [2.75, 3.05) is 26.5 Å². The predicted octanol–water partition coefficient (Wildman–Crippen LogP) is -0.220. The van der Waals surface area contributed by atoms with Crippen molar-refractivity contribution in [2.45, 2.75) is 0 Å². The average molecular weight is 240 g/mol. The summed E-state index contributed by atoms with van der Waals surface area (Å²) in [6.07, 6.45) is 0. The number of nitrogens with one attached hydrogen (secondary N) is 1. The van der Waals surface area contributed by atoms with Gasteiger partial charge in [-0.3, -0.25) is 9.59 Å². The first-order chi connectivity index (χ1) is 8.13. The van der Waals surface area contributed by atoms with E-state index in [1.807, 2.05) is 0 Å². The van der Waals surface area contributed by atoms with Crippen LogP contribution in [0.15, 0.2) is 24.3 Å². The molecule has 0 heterocycles. The fraction of sp³-hybridized carbons (Fsp3) is 0.273. The van der Waals surface area contributed by atoms with E-state index in [0.717, 1.165) is 7.11 Å². The number of carbonyl (C=O) groups excluding carboxylic acids is 2. The SMILES string of the molecule is CO.COC(=O)CNC(=O)c1ccc(N)cc1. The summed E-state index contributed by atoms with van der Waals surface area (Å²) < 4.78 is 4.38. The van der Waals surface area contributed by atoms with Gasteiger partial charge in [-0.2, -0.15) is 0 Å². The molecule has 1 aromatic carbocycles. The number of nitrogens with two attached hydrogens (primary N) is 1. The first kappa shape index (κ1) is 14.9. The number of rotatable bonds is 3. The van der Waals surface area contributed by atoms with Gasteiger partial charge < -0.3 is 20.9 Å². The lowest BCUT2D eigenvalue weighted by atomic mass is 10.2. The highest BCUT2D eigenvalue weighted by atomic mass is 16.5. The summed E-state index contributed by atoms with van der Waals surface area (Å²) in [6, 6.07) is 6.41. The van der Waals surface area contributed by atoms with E-state index in [2.05, 4.69) is 10.1 Å². The van der Waals surface area contributed by atoms with Crippen LogP contribution < -0.4 is 11.1 Å². The number of methoxy groups -OCH3 is 1. The lowest BCUT2D eigenvalue weighted by Gasteiger charge is -2.03. The van der Waals surface area contributed by atoms with Crippen molar-refractivity contribution in [2.24, 2.45) is 0 Å². The minimum absolute atomic E-state index is 0.139. The number of hydrogen-bond donors (Lipinski definition) is 3. The van der Waals surface area contributed by atoms with Crippen molar-refractivity contribution < 1.29 is 19.4 Å². The van der Waals surface area contributed by atoms with E-state index in [1.165, 1.54) is 7.11 Å². The molecule has 0 saturated carbocycles. The number of benzene rings is 1. The third kappa shape index (κ3) is 5.53. The molecule has 0 spiro atoms. The molecule has 6 heteroatoms. The zero-order chi connectivity index (χ0) is 13.3. The first-order valence-electron chi connectivity index (χ1n) is 4.78. The summed E-state index contributed by atoms with van der Waals surface area (Å²) in [5, 5.41) is 9.41. The molecule has 0 aromatic heterocycles. The van der Waals surface area contributed by atoms with Gasteiger partial charge in [0.1, 0.15) is 6.54 Å². The molecule has 0 aliphatic rings. The molecule has 0 radical (unpaired) electrons. The van der Waals surface area contributed by atoms with Crippen molar-refractivity contribution in [3.8, 4) is 0 Å². The van der Waals surface area contributed by atoms with Crippen LogP contribution in [0, 0.1) is 0 Å². The quantitative estimate of drug-likeness (QED) is 0.501. The molecule has 0 fully saturated rings. The predicted molar refractivity (Wildman–Crippen MR) is 63.3 cm³/mol. The Balaban J connectivity index is 0.00000121. The molecule has 94 valence electrons. The van der Waals surface area contributed by atoms with Crippen molar-refractivity contribution in [3.63, 3.8) is 0 Å². The Kier molecular flexibility index (Phi) is 7.12. The zero-order valence-corrected chi connectivity index (χ0v) is 9.77. The average Bonchev–Trinajstić information content (AvgIpc) is 2.38. The topological polar surface area (TPSA) is 102 Å². The van der Waals surface area contributed by atoms with Gasteiger partial charge in [-0.1, -0.05) is 0 Å². The van der Waals surface area contributed by atoms with E-state index in [1.54, 1.807) is 24.3 Å². The second kappa shape index (κ2) is 8.12. The third-order valence-corrected chi connectivity index (χ3v) is 1.79. The van der Waals surface area contributed by atoms with Crippen LogP contribution in [0.4, 0.5) is 5.69 Å². The number of carbonyl (C=O) groups is 2. The molecule has 1 aromatic rings. The number of aliphatic hydroxyl groups excluding tert-OH is 1. The van der Waals surface area contributed by atoms with E-state index >= 15 is 0 Å². The maximum absolute atomic E-state index is 11.4. The second-order valence-electron chi connectivity index (χ2n) is 2.88. The summed E-state index contributed by atoms with van der Waals surface area (Å²) >= 11 is 0. The molecule has 0 aliphatic carbocycles. The van der Waals surface area contributed by atoms with Gasteiger partial charge in [0.2, 0.25) is 0 Å². The normalized spacial score (nSPS) is 8.65. The summed E-state index contributed by atoms with van der Waals surface area (Å²) in [6.45, 7) is -0.139. The van der Waals surface area contributed by atoms with E-state index in [9.17, 15) is 9.59 Å². The van der Waals surface area contributed by atoms with Crippen LogP contribution >= 0.6 is 0 Å².